The van der Waals surface area contributed by atoms with Crippen molar-refractivity contribution in [3.05, 3.63) is 24.2 Å². The Hall–Kier alpha value is -2.31. The second-order valence-electron chi connectivity index (χ2n) is 7.68. The zero-order chi connectivity index (χ0) is 19.4. The van der Waals surface area contributed by atoms with Crippen LogP contribution in [0.2, 0.25) is 0 Å². The van der Waals surface area contributed by atoms with E-state index in [-0.39, 0.29) is 18.6 Å². The van der Waals surface area contributed by atoms with Crippen molar-refractivity contribution in [2.24, 2.45) is 11.8 Å². The first-order valence-corrected chi connectivity index (χ1v) is 9.76. The highest BCUT2D eigenvalue weighted by atomic mass is 16.5. The van der Waals surface area contributed by atoms with Crippen LogP contribution in [0.25, 0.3) is 0 Å². The van der Waals surface area contributed by atoms with Crippen molar-refractivity contribution in [1.82, 2.24) is 10.2 Å². The average molecular weight is 376 g/mol. The molecule has 2 amide bonds. The highest BCUT2D eigenvalue weighted by Gasteiger charge is 2.39. The molecule has 1 aromatic rings. The second kappa shape index (κ2) is 8.59. The van der Waals surface area contributed by atoms with E-state index in [0.29, 0.717) is 17.4 Å². The molecule has 4 atom stereocenters. The van der Waals surface area contributed by atoms with Gasteiger partial charge < -0.3 is 19.4 Å². The number of furan rings is 1. The lowest BCUT2D eigenvalue weighted by atomic mass is 9.72. The summed E-state index contributed by atoms with van der Waals surface area (Å²) >= 11 is 0. The molecule has 27 heavy (non-hydrogen) atoms. The molecule has 1 N–H and O–H groups in total. The number of rotatable bonds is 5. The van der Waals surface area contributed by atoms with Crippen molar-refractivity contribution in [2.45, 2.75) is 58.0 Å². The van der Waals surface area contributed by atoms with Gasteiger partial charge in [0, 0.05) is 12.6 Å². The molecule has 3 rings (SSSR count). The van der Waals surface area contributed by atoms with Gasteiger partial charge in [-0.3, -0.25) is 9.59 Å². The number of piperidine rings is 1. The van der Waals surface area contributed by atoms with Crippen LogP contribution in [0.3, 0.4) is 0 Å². The van der Waals surface area contributed by atoms with Crippen LogP contribution in [-0.2, 0) is 14.3 Å². The Balaban J connectivity index is 1.49. The lowest BCUT2D eigenvalue weighted by molar-refractivity contribution is -0.156. The fourth-order valence-electron chi connectivity index (χ4n) is 4.30. The number of fused-ring (bicyclic) bond motifs is 1. The summed E-state index contributed by atoms with van der Waals surface area (Å²) in [5, 5.41) is 2.54. The van der Waals surface area contributed by atoms with E-state index in [2.05, 4.69) is 12.2 Å². The zero-order valence-corrected chi connectivity index (χ0v) is 16.0. The molecule has 2 aliphatic rings. The topological polar surface area (TPSA) is 88.9 Å². The Morgan fingerprint density at radius 3 is 2.81 bits per heavy atom. The van der Waals surface area contributed by atoms with Gasteiger partial charge in [0.05, 0.1) is 11.8 Å². The molecule has 0 aromatic carbocycles. The maximum atomic E-state index is 12.6. The van der Waals surface area contributed by atoms with Gasteiger partial charge in [-0.05, 0) is 44.1 Å². The summed E-state index contributed by atoms with van der Waals surface area (Å²) in [6, 6.07) is 0.936. The number of nitrogens with zero attached hydrogens (tertiary/aromatic N) is 1. The minimum absolute atomic E-state index is 0.138. The maximum absolute atomic E-state index is 12.6. The van der Waals surface area contributed by atoms with Crippen molar-refractivity contribution in [2.75, 3.05) is 13.2 Å². The number of hydrogen-bond donors (Lipinski definition) is 1. The van der Waals surface area contributed by atoms with Gasteiger partial charge in [-0.15, -0.1) is 0 Å². The molecule has 1 saturated carbocycles. The number of carbonyl (C=O) groups excluding carboxylic acids is 3. The second-order valence-corrected chi connectivity index (χ2v) is 7.68. The largest absolute Gasteiger partial charge is 0.472 e. The highest BCUT2D eigenvalue weighted by molar-refractivity contribution is 5.96. The molecule has 0 bridgehead atoms. The van der Waals surface area contributed by atoms with Crippen LogP contribution < -0.4 is 5.32 Å². The third-order valence-corrected chi connectivity index (χ3v) is 5.88. The molecule has 7 nitrogen and oxygen atoms in total. The van der Waals surface area contributed by atoms with Crippen molar-refractivity contribution >= 4 is 17.8 Å². The van der Waals surface area contributed by atoms with Crippen LogP contribution in [0.4, 0.5) is 0 Å². The standard InChI is InChI=1S/C20H28N2O5/c1-13-7-9-22(17-6-4-3-5-16(13)17)18(23)12-27-20(25)14(2)21-19(24)15-8-10-26-11-15/h8,10-11,13-14,16-17H,3-7,9,12H2,1-2H3,(H,21,24)/t13-,14-,16-,17-/m0/s1. The lowest BCUT2D eigenvalue weighted by Crippen LogP contribution is -2.53. The van der Waals surface area contributed by atoms with Crippen molar-refractivity contribution in [3.8, 4) is 0 Å². The van der Waals surface area contributed by atoms with E-state index in [1.165, 1.54) is 38.4 Å². The predicted octanol–water partition coefficient (Wildman–Crippen LogP) is 2.37. The van der Waals surface area contributed by atoms with Gasteiger partial charge in [0.25, 0.3) is 11.8 Å². The van der Waals surface area contributed by atoms with Gasteiger partial charge in [-0.2, -0.15) is 0 Å². The summed E-state index contributed by atoms with van der Waals surface area (Å²) in [7, 11) is 0. The molecule has 0 radical (unpaired) electrons. The molecule has 1 aliphatic heterocycles. The minimum atomic E-state index is -0.844. The van der Waals surface area contributed by atoms with Gasteiger partial charge >= 0.3 is 5.97 Å². The molecule has 2 heterocycles. The third kappa shape index (κ3) is 4.51. The summed E-state index contributed by atoms with van der Waals surface area (Å²) in [6.45, 7) is 4.26. The van der Waals surface area contributed by atoms with E-state index < -0.39 is 17.9 Å². The van der Waals surface area contributed by atoms with E-state index in [1.807, 2.05) is 4.90 Å². The van der Waals surface area contributed by atoms with Gasteiger partial charge in [-0.25, -0.2) is 4.79 Å². The Kier molecular flexibility index (Phi) is 6.19. The number of amides is 2. The summed E-state index contributed by atoms with van der Waals surface area (Å²) in [5.74, 6) is 0.0150. The number of carbonyl (C=O) groups is 3. The van der Waals surface area contributed by atoms with E-state index in [1.54, 1.807) is 0 Å². The number of ether oxygens (including phenoxy) is 1. The fourth-order valence-corrected chi connectivity index (χ4v) is 4.30. The number of hydrogen-bond acceptors (Lipinski definition) is 5. The molecular weight excluding hydrogens is 348 g/mol. The van der Waals surface area contributed by atoms with Crippen LogP contribution in [0.5, 0.6) is 0 Å². The number of likely N-dealkylation sites (tertiary alicyclic amines) is 1. The first-order chi connectivity index (χ1) is 13.0. The molecule has 1 aromatic heterocycles. The van der Waals surface area contributed by atoms with Crippen LogP contribution >= 0.6 is 0 Å². The smallest absolute Gasteiger partial charge is 0.328 e. The Labute approximate surface area is 159 Å². The molecule has 1 aliphatic carbocycles. The number of esters is 1. The van der Waals surface area contributed by atoms with Crippen LogP contribution in [0.1, 0.15) is 56.3 Å². The van der Waals surface area contributed by atoms with Crippen LogP contribution in [0.15, 0.2) is 23.0 Å². The van der Waals surface area contributed by atoms with Gasteiger partial charge in [-0.1, -0.05) is 19.8 Å². The quantitative estimate of drug-likeness (QED) is 0.797. The molecule has 1 saturated heterocycles. The van der Waals surface area contributed by atoms with E-state index in [9.17, 15) is 14.4 Å². The van der Waals surface area contributed by atoms with E-state index in [4.69, 9.17) is 9.15 Å². The summed E-state index contributed by atoms with van der Waals surface area (Å²) in [6.07, 6.45) is 8.27. The first-order valence-electron chi connectivity index (χ1n) is 9.76. The van der Waals surface area contributed by atoms with Crippen LogP contribution in [0, 0.1) is 11.8 Å². The lowest BCUT2D eigenvalue weighted by Gasteiger charge is -2.47. The van der Waals surface area contributed by atoms with E-state index >= 15 is 0 Å². The van der Waals surface area contributed by atoms with Crippen LogP contribution in [-0.4, -0.2) is 47.9 Å². The summed E-state index contributed by atoms with van der Waals surface area (Å²) in [4.78, 5) is 38.6. The summed E-state index contributed by atoms with van der Waals surface area (Å²) < 4.78 is 10.0. The minimum Gasteiger partial charge on any atom is -0.472 e. The zero-order valence-electron chi connectivity index (χ0n) is 16.0. The molecule has 2 fully saturated rings. The SMILES string of the molecule is C[C@H](NC(=O)c1ccoc1)C(=O)OCC(=O)N1CC[C@H](C)[C@@H]2CCCC[C@@H]21. The van der Waals surface area contributed by atoms with Gasteiger partial charge in [0.15, 0.2) is 6.61 Å². The van der Waals surface area contributed by atoms with Gasteiger partial charge in [0.2, 0.25) is 0 Å². The monoisotopic (exact) mass is 376 g/mol. The normalized spacial score (nSPS) is 26.0. The van der Waals surface area contributed by atoms with E-state index in [0.717, 1.165) is 25.8 Å². The first kappa shape index (κ1) is 19.5. The Morgan fingerprint density at radius 2 is 2.07 bits per heavy atom. The fraction of sp³-hybridized carbons (Fsp3) is 0.650. The third-order valence-electron chi connectivity index (χ3n) is 5.88. The van der Waals surface area contributed by atoms with Crippen molar-refractivity contribution in [1.29, 1.82) is 0 Å². The Bertz CT molecular complexity index is 672. The molecule has 0 spiro atoms. The molecule has 7 heteroatoms. The average Bonchev–Trinajstić information content (AvgIpc) is 3.21. The molecule has 0 unspecified atom stereocenters. The molecular formula is C20H28N2O5. The highest BCUT2D eigenvalue weighted by Crippen LogP contribution is 2.38. The van der Waals surface area contributed by atoms with Crippen molar-refractivity contribution in [3.63, 3.8) is 0 Å². The Morgan fingerprint density at radius 1 is 1.30 bits per heavy atom. The molecule has 148 valence electrons. The summed E-state index contributed by atoms with van der Waals surface area (Å²) in [5.41, 5.74) is 0.330. The maximum Gasteiger partial charge on any atom is 0.328 e. The number of nitrogens with one attached hydrogen (secondary N) is 1. The van der Waals surface area contributed by atoms with Gasteiger partial charge in [0.1, 0.15) is 12.3 Å². The van der Waals surface area contributed by atoms with Crippen molar-refractivity contribution < 1.29 is 23.5 Å². The predicted molar refractivity (Wildman–Crippen MR) is 97.8 cm³/mol.